The average molecular weight is 348 g/mol. The summed E-state index contributed by atoms with van der Waals surface area (Å²) in [7, 11) is 0. The fraction of sp³-hybridized carbons (Fsp3) is 0.150. The number of rotatable bonds is 3. The number of pyridine rings is 1. The van der Waals surface area contributed by atoms with Gasteiger partial charge in [0.1, 0.15) is 5.69 Å². The number of benzene rings is 1. The molecule has 0 bridgehead atoms. The van der Waals surface area contributed by atoms with Gasteiger partial charge in [0.15, 0.2) is 5.78 Å². The molecule has 130 valence electrons. The molecule has 1 aromatic carbocycles. The minimum absolute atomic E-state index is 0.0521. The number of aromatic nitrogens is 1. The highest BCUT2D eigenvalue weighted by Gasteiger charge is 2.37. The lowest BCUT2D eigenvalue weighted by Crippen LogP contribution is -2.32. The Labute approximate surface area is 149 Å². The molecule has 6 nitrogen and oxygen atoms in total. The highest BCUT2D eigenvalue weighted by molar-refractivity contribution is 6.32. The van der Waals surface area contributed by atoms with Gasteiger partial charge in [-0.15, -0.1) is 0 Å². The Morgan fingerprint density at radius 2 is 1.73 bits per heavy atom. The molecular formula is C20H16N2O4. The number of fused-ring (bicyclic) bond motifs is 4. The zero-order valence-electron chi connectivity index (χ0n) is 14.0. The van der Waals surface area contributed by atoms with Crippen LogP contribution >= 0.6 is 0 Å². The smallest absolute Gasteiger partial charge is 0.254 e. The number of hydrogen-bond acceptors (Lipinski definition) is 4. The molecule has 1 aliphatic carbocycles. The molecule has 0 saturated heterocycles. The number of ketones is 2. The second kappa shape index (κ2) is 5.93. The fourth-order valence-electron chi connectivity index (χ4n) is 3.35. The quantitative estimate of drug-likeness (QED) is 0.591. The minimum Gasteiger partial charge on any atom is -0.392 e. The summed E-state index contributed by atoms with van der Waals surface area (Å²) in [5, 5.41) is 12.1. The summed E-state index contributed by atoms with van der Waals surface area (Å²) >= 11 is 0. The Hall–Kier alpha value is -3.25. The van der Waals surface area contributed by atoms with Crippen LogP contribution in [-0.4, -0.2) is 39.6 Å². The predicted octanol–water partition coefficient (Wildman–Crippen LogP) is 1.83. The second-order valence-electron chi connectivity index (χ2n) is 6.32. The van der Waals surface area contributed by atoms with Crippen LogP contribution in [0, 0.1) is 0 Å². The van der Waals surface area contributed by atoms with Gasteiger partial charge in [0, 0.05) is 23.9 Å². The molecule has 0 fully saturated rings. The molecule has 2 aromatic heterocycles. The third-order valence-corrected chi connectivity index (χ3v) is 4.49. The lowest BCUT2D eigenvalue weighted by atomic mass is 9.86. The number of carbonyl (C=O) groups is 3. The van der Waals surface area contributed by atoms with Crippen molar-refractivity contribution in [2.75, 3.05) is 6.54 Å². The Bertz CT molecular complexity index is 1080. The monoisotopic (exact) mass is 348 g/mol. The van der Waals surface area contributed by atoms with Gasteiger partial charge in [-0.2, -0.15) is 0 Å². The van der Waals surface area contributed by atoms with Gasteiger partial charge < -0.3 is 14.8 Å². The van der Waals surface area contributed by atoms with Crippen molar-refractivity contribution in [3.8, 4) is 0 Å². The van der Waals surface area contributed by atoms with Gasteiger partial charge in [0.25, 0.3) is 5.91 Å². The van der Waals surface area contributed by atoms with E-state index in [4.69, 9.17) is 0 Å². The summed E-state index contributed by atoms with van der Waals surface area (Å²) < 4.78 is 1.59. The van der Waals surface area contributed by atoms with Crippen LogP contribution in [0.1, 0.15) is 49.3 Å². The molecule has 0 unspecified atom stereocenters. The first-order valence-electron chi connectivity index (χ1n) is 8.28. The number of nitrogens with zero attached hydrogens (tertiary/aromatic N) is 1. The highest BCUT2D eigenvalue weighted by Crippen LogP contribution is 2.33. The van der Waals surface area contributed by atoms with E-state index in [-0.39, 0.29) is 34.9 Å². The summed E-state index contributed by atoms with van der Waals surface area (Å²) in [4.78, 5) is 38.9. The number of hydrogen-bond donors (Lipinski definition) is 2. The summed E-state index contributed by atoms with van der Waals surface area (Å²) in [6.45, 7) is 1.61. The summed E-state index contributed by atoms with van der Waals surface area (Å²) in [6, 6.07) is 11.8. The summed E-state index contributed by atoms with van der Waals surface area (Å²) in [5.74, 6) is -1.12. The molecule has 0 saturated carbocycles. The standard InChI is InChI=1S/C20H16N2O4/c1-11(23)10-21-20(26)15-14-8-4-5-9-22(14)17-16(15)18(24)12-6-2-3-7-13(12)19(17)25/h2-9,11,23H,10H2,1H3,(H,21,26)/t11-/m0/s1. The molecule has 2 heterocycles. The van der Waals surface area contributed by atoms with E-state index in [0.29, 0.717) is 16.6 Å². The van der Waals surface area contributed by atoms with Gasteiger partial charge >= 0.3 is 0 Å². The van der Waals surface area contributed by atoms with E-state index in [1.54, 1.807) is 60.0 Å². The first-order valence-corrected chi connectivity index (χ1v) is 8.28. The van der Waals surface area contributed by atoms with Gasteiger partial charge in [-0.1, -0.05) is 30.3 Å². The van der Waals surface area contributed by atoms with Crippen molar-refractivity contribution in [3.05, 3.63) is 76.6 Å². The SMILES string of the molecule is C[C@H](O)CNC(=O)c1c2c(n3ccccc13)C(=O)c1ccccc1C2=O. The van der Waals surface area contributed by atoms with E-state index in [9.17, 15) is 19.5 Å². The Balaban J connectivity index is 1.99. The molecule has 0 radical (unpaired) electrons. The lowest BCUT2D eigenvalue weighted by molar-refractivity contribution is 0.0916. The minimum atomic E-state index is -0.721. The van der Waals surface area contributed by atoms with Crippen molar-refractivity contribution in [2.45, 2.75) is 13.0 Å². The fourth-order valence-corrected chi connectivity index (χ4v) is 3.35. The van der Waals surface area contributed by atoms with Crippen LogP contribution in [-0.2, 0) is 0 Å². The van der Waals surface area contributed by atoms with E-state index >= 15 is 0 Å². The highest BCUT2D eigenvalue weighted by atomic mass is 16.3. The summed E-state index contributed by atoms with van der Waals surface area (Å²) in [5.41, 5.74) is 1.59. The molecule has 1 atom stereocenters. The van der Waals surface area contributed by atoms with Crippen LogP contribution in [0.3, 0.4) is 0 Å². The maximum Gasteiger partial charge on any atom is 0.254 e. The maximum atomic E-state index is 13.1. The van der Waals surface area contributed by atoms with Crippen LogP contribution in [0.25, 0.3) is 5.52 Å². The first-order chi connectivity index (χ1) is 12.5. The van der Waals surface area contributed by atoms with Gasteiger partial charge in [-0.3, -0.25) is 14.4 Å². The molecule has 0 aliphatic heterocycles. The van der Waals surface area contributed by atoms with E-state index in [1.165, 1.54) is 0 Å². The van der Waals surface area contributed by atoms with E-state index in [2.05, 4.69) is 5.32 Å². The number of aliphatic hydroxyl groups is 1. The van der Waals surface area contributed by atoms with Crippen molar-refractivity contribution >= 4 is 23.0 Å². The van der Waals surface area contributed by atoms with Crippen molar-refractivity contribution in [1.29, 1.82) is 0 Å². The Morgan fingerprint density at radius 1 is 1.08 bits per heavy atom. The van der Waals surface area contributed by atoms with E-state index in [1.807, 2.05) is 0 Å². The molecule has 3 aromatic rings. The lowest BCUT2D eigenvalue weighted by Gasteiger charge is -2.15. The zero-order valence-corrected chi connectivity index (χ0v) is 14.0. The maximum absolute atomic E-state index is 13.1. The third-order valence-electron chi connectivity index (χ3n) is 4.49. The largest absolute Gasteiger partial charge is 0.392 e. The van der Waals surface area contributed by atoms with Crippen molar-refractivity contribution in [2.24, 2.45) is 0 Å². The Morgan fingerprint density at radius 3 is 2.42 bits per heavy atom. The van der Waals surface area contributed by atoms with E-state index < -0.39 is 12.0 Å². The van der Waals surface area contributed by atoms with Crippen molar-refractivity contribution in [1.82, 2.24) is 9.72 Å². The van der Waals surface area contributed by atoms with Gasteiger partial charge in [0.05, 0.1) is 22.7 Å². The van der Waals surface area contributed by atoms with Gasteiger partial charge in [0.2, 0.25) is 5.78 Å². The molecule has 1 amide bonds. The Kier molecular flexibility index (Phi) is 3.70. The number of nitrogens with one attached hydrogen (secondary N) is 1. The van der Waals surface area contributed by atoms with Crippen LogP contribution in [0.5, 0.6) is 0 Å². The molecule has 1 aliphatic rings. The van der Waals surface area contributed by atoms with Crippen molar-refractivity contribution < 1.29 is 19.5 Å². The van der Waals surface area contributed by atoms with Crippen LogP contribution in [0.4, 0.5) is 0 Å². The van der Waals surface area contributed by atoms with Crippen LogP contribution < -0.4 is 5.32 Å². The third kappa shape index (κ3) is 2.27. The molecule has 4 rings (SSSR count). The molecule has 2 N–H and O–H groups in total. The van der Waals surface area contributed by atoms with Crippen molar-refractivity contribution in [3.63, 3.8) is 0 Å². The van der Waals surface area contributed by atoms with Gasteiger partial charge in [-0.05, 0) is 19.1 Å². The summed E-state index contributed by atoms with van der Waals surface area (Å²) in [6.07, 6.45) is 0.945. The second-order valence-corrected chi connectivity index (χ2v) is 6.32. The topological polar surface area (TPSA) is 87.9 Å². The predicted molar refractivity (Wildman–Crippen MR) is 94.7 cm³/mol. The van der Waals surface area contributed by atoms with Gasteiger partial charge in [-0.25, -0.2) is 0 Å². The zero-order chi connectivity index (χ0) is 18.4. The molecular weight excluding hydrogens is 332 g/mol. The van der Waals surface area contributed by atoms with Crippen LogP contribution in [0.2, 0.25) is 0 Å². The van der Waals surface area contributed by atoms with E-state index in [0.717, 1.165) is 0 Å². The molecule has 0 spiro atoms. The molecule has 26 heavy (non-hydrogen) atoms. The van der Waals surface area contributed by atoms with Crippen LogP contribution in [0.15, 0.2) is 48.7 Å². The number of amides is 1. The molecule has 6 heteroatoms. The number of aliphatic hydroxyl groups excluding tert-OH is 1. The number of carbonyl (C=O) groups excluding carboxylic acids is 3. The average Bonchev–Trinajstić information content (AvgIpc) is 3.00. The first kappa shape index (κ1) is 16.2. The normalized spacial score (nSPS) is 14.1.